The van der Waals surface area contributed by atoms with Crippen molar-refractivity contribution >= 4 is 23.6 Å². The van der Waals surface area contributed by atoms with E-state index in [-0.39, 0.29) is 11.7 Å². The van der Waals surface area contributed by atoms with Crippen LogP contribution in [0, 0.1) is 0 Å². The summed E-state index contributed by atoms with van der Waals surface area (Å²) in [4.78, 5) is 28.0. The lowest BCUT2D eigenvalue weighted by Gasteiger charge is -2.09. The Bertz CT molecular complexity index is 407. The number of rotatable bonds is 4. The Hall–Kier alpha value is -1.56. The number of nitrogens with zero attached hydrogens (tertiary/aromatic N) is 2. The summed E-state index contributed by atoms with van der Waals surface area (Å²) in [7, 11) is 3.28. The van der Waals surface area contributed by atoms with E-state index in [4.69, 9.17) is 5.11 Å². The van der Waals surface area contributed by atoms with Crippen molar-refractivity contribution in [3.05, 3.63) is 24.0 Å². The third-order valence-electron chi connectivity index (χ3n) is 1.72. The van der Waals surface area contributed by atoms with Crippen molar-refractivity contribution in [1.82, 2.24) is 9.88 Å². The summed E-state index contributed by atoms with van der Waals surface area (Å²) in [6.07, 6.45) is 1.50. The van der Waals surface area contributed by atoms with Crippen molar-refractivity contribution < 1.29 is 14.7 Å². The van der Waals surface area contributed by atoms with E-state index in [1.807, 2.05) is 0 Å². The van der Waals surface area contributed by atoms with Crippen LogP contribution < -0.4 is 0 Å². The van der Waals surface area contributed by atoms with E-state index in [9.17, 15) is 9.59 Å². The first-order valence-corrected chi connectivity index (χ1v) is 5.51. The fourth-order valence-electron chi connectivity index (χ4n) is 0.992. The number of amides is 1. The second-order valence-corrected chi connectivity index (χ2v) is 4.31. The van der Waals surface area contributed by atoms with E-state index in [2.05, 4.69) is 4.98 Å². The normalized spacial score (nSPS) is 9.88. The van der Waals surface area contributed by atoms with Crippen LogP contribution in [0.25, 0.3) is 0 Å². The third-order valence-corrected chi connectivity index (χ3v) is 2.70. The number of carbonyl (C=O) groups excluding carboxylic acids is 1. The molecule has 1 amide bonds. The van der Waals surface area contributed by atoms with E-state index in [0.717, 1.165) is 16.7 Å². The molecule has 0 spiro atoms. The average Bonchev–Trinajstić information content (AvgIpc) is 2.25. The molecule has 1 heterocycles. The molecule has 6 heteroatoms. The van der Waals surface area contributed by atoms with Gasteiger partial charge in [-0.3, -0.25) is 14.6 Å². The van der Waals surface area contributed by atoms with Gasteiger partial charge in [0, 0.05) is 25.2 Å². The first kappa shape index (κ1) is 12.5. The van der Waals surface area contributed by atoms with E-state index >= 15 is 0 Å². The number of hydrogen-bond acceptors (Lipinski definition) is 4. The fraction of sp³-hybridized carbons (Fsp3) is 0.300. The maximum atomic E-state index is 11.6. The van der Waals surface area contributed by atoms with Gasteiger partial charge in [-0.05, 0) is 12.1 Å². The highest BCUT2D eigenvalue weighted by molar-refractivity contribution is 8.00. The minimum absolute atomic E-state index is 0.0282. The molecule has 0 atom stereocenters. The van der Waals surface area contributed by atoms with Crippen molar-refractivity contribution in [1.29, 1.82) is 0 Å². The molecule has 0 aliphatic heterocycles. The van der Waals surface area contributed by atoms with Crippen LogP contribution in [0.5, 0.6) is 0 Å². The van der Waals surface area contributed by atoms with E-state index < -0.39 is 5.97 Å². The molecule has 0 saturated carbocycles. The van der Waals surface area contributed by atoms with E-state index in [1.165, 1.54) is 11.1 Å². The number of aliphatic carboxylic acids is 1. The van der Waals surface area contributed by atoms with Crippen LogP contribution in [-0.2, 0) is 4.79 Å². The number of carboxylic acid groups (broad SMARTS) is 1. The molecule has 0 aliphatic rings. The van der Waals surface area contributed by atoms with Crippen LogP contribution in [0.15, 0.2) is 23.2 Å². The first-order valence-electron chi connectivity index (χ1n) is 4.53. The quantitative estimate of drug-likeness (QED) is 0.794. The Balaban J connectivity index is 2.78. The zero-order valence-electron chi connectivity index (χ0n) is 9.01. The Morgan fingerprint density at radius 1 is 1.50 bits per heavy atom. The molecule has 0 fully saturated rings. The van der Waals surface area contributed by atoms with Crippen LogP contribution in [0.4, 0.5) is 0 Å². The summed E-state index contributed by atoms with van der Waals surface area (Å²) < 4.78 is 0. The van der Waals surface area contributed by atoms with Crippen LogP contribution in [0.3, 0.4) is 0 Å². The maximum Gasteiger partial charge on any atom is 0.313 e. The third kappa shape index (κ3) is 3.54. The molecule has 0 bridgehead atoms. The van der Waals surface area contributed by atoms with E-state index in [1.54, 1.807) is 26.2 Å². The number of aromatic nitrogens is 1. The summed E-state index contributed by atoms with van der Waals surface area (Å²) in [5.41, 5.74) is 0.320. The van der Waals surface area contributed by atoms with Gasteiger partial charge in [-0.2, -0.15) is 0 Å². The molecule has 0 saturated heterocycles. The number of pyridine rings is 1. The zero-order valence-corrected chi connectivity index (χ0v) is 9.82. The molecule has 1 aromatic heterocycles. The summed E-state index contributed by atoms with van der Waals surface area (Å²) >= 11 is 1.16. The van der Waals surface area contributed by atoms with Gasteiger partial charge in [0.05, 0.1) is 5.75 Å². The van der Waals surface area contributed by atoms with Gasteiger partial charge in [0.2, 0.25) is 0 Å². The van der Waals surface area contributed by atoms with Gasteiger partial charge < -0.3 is 10.0 Å². The molecule has 0 unspecified atom stereocenters. The number of thioether (sulfide) groups is 1. The number of carbonyl (C=O) groups is 2. The van der Waals surface area contributed by atoms with Gasteiger partial charge in [-0.15, -0.1) is 11.8 Å². The molecule has 0 aromatic carbocycles. The fourth-order valence-corrected chi connectivity index (χ4v) is 1.63. The Kier molecular flexibility index (Phi) is 4.30. The summed E-state index contributed by atoms with van der Waals surface area (Å²) in [6.45, 7) is 0. The Labute approximate surface area is 97.5 Å². The largest absolute Gasteiger partial charge is 0.481 e. The maximum absolute atomic E-state index is 11.6. The molecule has 1 rings (SSSR count). The summed E-state index contributed by atoms with van der Waals surface area (Å²) in [5.74, 6) is -1.11. The molecule has 1 aromatic rings. The monoisotopic (exact) mass is 240 g/mol. The predicted octanol–water partition coefficient (Wildman–Crippen LogP) is 0.960. The highest BCUT2D eigenvalue weighted by atomic mass is 32.2. The SMILES string of the molecule is CN(C)C(=O)c1cc(SCC(=O)O)ccn1. The van der Waals surface area contributed by atoms with Gasteiger partial charge in [0.1, 0.15) is 5.69 Å². The Morgan fingerprint density at radius 3 is 2.75 bits per heavy atom. The average molecular weight is 240 g/mol. The molecular formula is C10H12N2O3S. The second-order valence-electron chi connectivity index (χ2n) is 3.26. The van der Waals surface area contributed by atoms with Gasteiger partial charge in [0.25, 0.3) is 5.91 Å². The minimum Gasteiger partial charge on any atom is -0.481 e. The van der Waals surface area contributed by atoms with Crippen molar-refractivity contribution in [2.75, 3.05) is 19.8 Å². The summed E-state index contributed by atoms with van der Waals surface area (Å²) in [6, 6.07) is 3.27. The predicted molar refractivity (Wildman–Crippen MR) is 60.6 cm³/mol. The van der Waals surface area contributed by atoms with Gasteiger partial charge in [-0.1, -0.05) is 0 Å². The van der Waals surface area contributed by atoms with Crippen molar-refractivity contribution in [3.8, 4) is 0 Å². The number of hydrogen-bond donors (Lipinski definition) is 1. The van der Waals surface area contributed by atoms with Crippen LogP contribution in [0.2, 0.25) is 0 Å². The Morgan fingerprint density at radius 2 is 2.19 bits per heavy atom. The van der Waals surface area contributed by atoms with Crippen molar-refractivity contribution in [3.63, 3.8) is 0 Å². The second kappa shape index (κ2) is 5.50. The van der Waals surface area contributed by atoms with Crippen LogP contribution in [-0.4, -0.2) is 46.7 Å². The smallest absolute Gasteiger partial charge is 0.313 e. The molecule has 1 N–H and O–H groups in total. The molecule has 0 radical (unpaired) electrons. The zero-order chi connectivity index (χ0) is 12.1. The lowest BCUT2D eigenvalue weighted by atomic mass is 10.3. The molecule has 16 heavy (non-hydrogen) atoms. The van der Waals surface area contributed by atoms with Gasteiger partial charge in [0.15, 0.2) is 0 Å². The molecular weight excluding hydrogens is 228 g/mol. The van der Waals surface area contributed by atoms with Crippen LogP contribution >= 0.6 is 11.8 Å². The van der Waals surface area contributed by atoms with E-state index in [0.29, 0.717) is 5.69 Å². The summed E-state index contributed by atoms with van der Waals surface area (Å²) in [5, 5.41) is 8.53. The highest BCUT2D eigenvalue weighted by Crippen LogP contribution is 2.17. The molecule has 5 nitrogen and oxygen atoms in total. The minimum atomic E-state index is -0.887. The lowest BCUT2D eigenvalue weighted by Crippen LogP contribution is -2.22. The standard InChI is InChI=1S/C10H12N2O3S/c1-12(2)10(15)8-5-7(3-4-11-8)16-6-9(13)14/h3-5H,6H2,1-2H3,(H,13,14). The highest BCUT2D eigenvalue weighted by Gasteiger charge is 2.10. The molecule has 0 aliphatic carbocycles. The van der Waals surface area contributed by atoms with Crippen molar-refractivity contribution in [2.45, 2.75) is 4.90 Å². The topological polar surface area (TPSA) is 70.5 Å². The first-order chi connectivity index (χ1) is 7.50. The van der Waals surface area contributed by atoms with Crippen LogP contribution in [0.1, 0.15) is 10.5 Å². The molecule has 86 valence electrons. The lowest BCUT2D eigenvalue weighted by molar-refractivity contribution is -0.133. The van der Waals surface area contributed by atoms with Crippen molar-refractivity contribution in [2.24, 2.45) is 0 Å². The van der Waals surface area contributed by atoms with Gasteiger partial charge >= 0.3 is 5.97 Å². The number of carboxylic acids is 1. The van der Waals surface area contributed by atoms with Gasteiger partial charge in [-0.25, -0.2) is 0 Å².